The van der Waals surface area contributed by atoms with Crippen molar-refractivity contribution in [3.63, 3.8) is 0 Å². The fourth-order valence-corrected chi connectivity index (χ4v) is 0. The highest BCUT2D eigenvalue weighted by molar-refractivity contribution is 7.16. The first-order valence-electron chi connectivity index (χ1n) is 2.15. The highest BCUT2D eigenvalue weighted by Crippen LogP contribution is 1.74. The molecule has 0 aromatic rings. The van der Waals surface area contributed by atoms with Crippen LogP contribution in [-0.2, 0) is 4.79 Å². The van der Waals surface area contributed by atoms with Crippen molar-refractivity contribution in [3.8, 4) is 0 Å². The number of carboxylic acids is 1. The fraction of sp³-hybridized carbons (Fsp3) is 0.400. The molecule has 0 rings (SSSR count). The third kappa shape index (κ3) is 296. The van der Waals surface area contributed by atoms with Crippen LogP contribution in [0.5, 0.6) is 0 Å². The lowest BCUT2D eigenvalue weighted by atomic mass is 10.8. The van der Waals surface area contributed by atoms with Crippen molar-refractivity contribution in [1.29, 1.82) is 0 Å². The quantitative estimate of drug-likeness (QED) is 0.431. The molecule has 0 aliphatic rings. The second kappa shape index (κ2) is 9.81. The topological polar surface area (TPSA) is 37.3 Å². The summed E-state index contributed by atoms with van der Waals surface area (Å²) in [6, 6.07) is 0. The summed E-state index contributed by atoms with van der Waals surface area (Å²) in [5.41, 5.74) is 0. The van der Waals surface area contributed by atoms with Crippen molar-refractivity contribution in [3.05, 3.63) is 12.7 Å². The Morgan fingerprint density at radius 1 is 2.00 bits per heavy atom. The molecule has 0 heterocycles. The van der Waals surface area contributed by atoms with Crippen LogP contribution in [0.1, 0.15) is 6.92 Å². The summed E-state index contributed by atoms with van der Waals surface area (Å²) in [6.07, 6.45) is 2.84. The van der Waals surface area contributed by atoms with Crippen LogP contribution in [0.25, 0.3) is 0 Å². The van der Waals surface area contributed by atoms with Gasteiger partial charge in [-0.2, -0.15) is 0 Å². The van der Waals surface area contributed by atoms with E-state index in [1.807, 2.05) is 6.08 Å². The Balaban J connectivity index is 0. The van der Waals surface area contributed by atoms with Crippen LogP contribution in [0.2, 0.25) is 0 Å². The first-order chi connectivity index (χ1) is 3.65. The highest BCUT2D eigenvalue weighted by Gasteiger charge is 1.65. The second-order valence-electron chi connectivity index (χ2n) is 1.04. The molecule has 0 amide bonds. The summed E-state index contributed by atoms with van der Waals surface area (Å²) in [7, 11) is 2.54. The number of aliphatic carboxylic acids is 1. The molecular formula is C5H11O2P. The standard InChI is InChI=1S/C3H7P.C2H4O2/c1-2-3-4;1-2(3)4/h2H,1,3-4H2;1H3,(H,3,4). The summed E-state index contributed by atoms with van der Waals surface area (Å²) in [6.45, 7) is 4.54. The van der Waals surface area contributed by atoms with Gasteiger partial charge < -0.3 is 5.11 Å². The SMILES string of the molecule is C=CCP.CC(=O)O. The Morgan fingerprint density at radius 2 is 2.12 bits per heavy atom. The maximum atomic E-state index is 9.00. The molecule has 0 saturated carbocycles. The first kappa shape index (κ1) is 10.6. The monoisotopic (exact) mass is 134 g/mol. The largest absolute Gasteiger partial charge is 0.481 e. The van der Waals surface area contributed by atoms with Gasteiger partial charge in [-0.1, -0.05) is 6.08 Å². The molecule has 1 unspecified atom stereocenters. The van der Waals surface area contributed by atoms with Gasteiger partial charge in [0.15, 0.2) is 0 Å². The lowest BCUT2D eigenvalue weighted by Gasteiger charge is -1.59. The van der Waals surface area contributed by atoms with Gasteiger partial charge in [0.1, 0.15) is 0 Å². The number of carbonyl (C=O) groups is 1. The van der Waals surface area contributed by atoms with E-state index in [0.717, 1.165) is 13.1 Å². The third-order valence-electron chi connectivity index (χ3n) is 0.167. The molecule has 8 heavy (non-hydrogen) atoms. The van der Waals surface area contributed by atoms with Gasteiger partial charge in [0.2, 0.25) is 0 Å². The van der Waals surface area contributed by atoms with Crippen molar-refractivity contribution < 1.29 is 9.90 Å². The molecule has 0 aromatic heterocycles. The normalized spacial score (nSPS) is 6.25. The molecule has 0 saturated heterocycles. The molecule has 0 radical (unpaired) electrons. The Labute approximate surface area is 51.8 Å². The van der Waals surface area contributed by atoms with Gasteiger partial charge >= 0.3 is 0 Å². The van der Waals surface area contributed by atoms with Crippen LogP contribution in [0, 0.1) is 0 Å². The lowest BCUT2D eigenvalue weighted by molar-refractivity contribution is -0.134. The van der Waals surface area contributed by atoms with Crippen LogP contribution < -0.4 is 0 Å². The van der Waals surface area contributed by atoms with E-state index in [0.29, 0.717) is 0 Å². The molecule has 48 valence electrons. The number of hydrogen-bond acceptors (Lipinski definition) is 1. The molecule has 0 bridgehead atoms. The van der Waals surface area contributed by atoms with Gasteiger partial charge in [0.25, 0.3) is 5.97 Å². The fourth-order valence-electron chi connectivity index (χ4n) is 0. The van der Waals surface area contributed by atoms with E-state index >= 15 is 0 Å². The molecule has 2 nitrogen and oxygen atoms in total. The van der Waals surface area contributed by atoms with E-state index in [2.05, 4.69) is 15.8 Å². The number of rotatable bonds is 1. The lowest BCUT2D eigenvalue weighted by Crippen LogP contribution is -1.78. The Bertz CT molecular complexity index is 66.8. The van der Waals surface area contributed by atoms with Crippen molar-refractivity contribution in [2.75, 3.05) is 6.16 Å². The molecule has 0 fully saturated rings. The zero-order chi connectivity index (χ0) is 6.99. The smallest absolute Gasteiger partial charge is 0.300 e. The molecule has 0 aromatic carbocycles. The Morgan fingerprint density at radius 3 is 2.12 bits per heavy atom. The summed E-state index contributed by atoms with van der Waals surface area (Å²) >= 11 is 0. The third-order valence-corrected chi connectivity index (χ3v) is 0.500. The van der Waals surface area contributed by atoms with Crippen molar-refractivity contribution in [1.82, 2.24) is 0 Å². The first-order valence-corrected chi connectivity index (χ1v) is 2.97. The van der Waals surface area contributed by atoms with Crippen LogP contribution in [-0.4, -0.2) is 17.2 Å². The summed E-state index contributed by atoms with van der Waals surface area (Å²) in [5.74, 6) is -0.833. The Hall–Kier alpha value is -0.360. The predicted molar refractivity (Wildman–Crippen MR) is 38.1 cm³/mol. The summed E-state index contributed by atoms with van der Waals surface area (Å²) in [4.78, 5) is 9.00. The highest BCUT2D eigenvalue weighted by atomic mass is 31.0. The van der Waals surface area contributed by atoms with E-state index in [4.69, 9.17) is 9.90 Å². The van der Waals surface area contributed by atoms with Gasteiger partial charge in [-0.25, -0.2) is 0 Å². The van der Waals surface area contributed by atoms with Crippen molar-refractivity contribution in [2.45, 2.75) is 6.92 Å². The van der Waals surface area contributed by atoms with Crippen LogP contribution in [0.4, 0.5) is 0 Å². The molecule has 0 aliphatic carbocycles. The minimum absolute atomic E-state index is 0.833. The van der Waals surface area contributed by atoms with Crippen molar-refractivity contribution in [2.24, 2.45) is 0 Å². The average Bonchev–Trinajstić information content (AvgIpc) is 1.65. The van der Waals surface area contributed by atoms with Crippen LogP contribution in [0.15, 0.2) is 12.7 Å². The second-order valence-corrected chi connectivity index (χ2v) is 1.51. The van der Waals surface area contributed by atoms with Crippen molar-refractivity contribution >= 4 is 15.2 Å². The maximum absolute atomic E-state index is 9.00. The number of carboxylic acid groups (broad SMARTS) is 1. The van der Waals surface area contributed by atoms with E-state index in [1.54, 1.807) is 0 Å². The van der Waals surface area contributed by atoms with E-state index < -0.39 is 5.97 Å². The van der Waals surface area contributed by atoms with E-state index in [9.17, 15) is 0 Å². The van der Waals surface area contributed by atoms with Crippen LogP contribution in [0.3, 0.4) is 0 Å². The maximum Gasteiger partial charge on any atom is 0.300 e. The minimum Gasteiger partial charge on any atom is -0.481 e. The van der Waals surface area contributed by atoms with Gasteiger partial charge in [0.05, 0.1) is 0 Å². The Kier molecular flexibility index (Phi) is 13.0. The number of allylic oxidation sites excluding steroid dienone is 1. The summed E-state index contributed by atoms with van der Waals surface area (Å²) in [5, 5.41) is 7.42. The van der Waals surface area contributed by atoms with Gasteiger partial charge in [-0.3, -0.25) is 4.79 Å². The molecule has 1 atom stereocenters. The zero-order valence-corrected chi connectivity index (χ0v) is 6.08. The van der Waals surface area contributed by atoms with E-state index in [1.165, 1.54) is 0 Å². The van der Waals surface area contributed by atoms with Crippen LogP contribution >= 0.6 is 9.24 Å². The minimum atomic E-state index is -0.833. The van der Waals surface area contributed by atoms with Gasteiger partial charge in [-0.15, -0.1) is 15.8 Å². The number of hydrogen-bond donors (Lipinski definition) is 1. The van der Waals surface area contributed by atoms with Gasteiger partial charge in [-0.05, 0) is 6.16 Å². The summed E-state index contributed by atoms with van der Waals surface area (Å²) < 4.78 is 0. The molecular weight excluding hydrogens is 123 g/mol. The van der Waals surface area contributed by atoms with Gasteiger partial charge in [0, 0.05) is 6.92 Å². The molecule has 1 N–H and O–H groups in total. The molecule has 0 spiro atoms. The average molecular weight is 134 g/mol. The zero-order valence-electron chi connectivity index (χ0n) is 4.92. The molecule has 3 heteroatoms. The van der Waals surface area contributed by atoms with E-state index in [-0.39, 0.29) is 0 Å². The predicted octanol–water partition coefficient (Wildman–Crippen LogP) is 1.14. The molecule has 0 aliphatic heterocycles.